The molecule has 4 rings (SSSR count). The number of benzene rings is 2. The van der Waals surface area contributed by atoms with Crippen LogP contribution in [0.15, 0.2) is 54.6 Å². The van der Waals surface area contributed by atoms with Crippen molar-refractivity contribution in [2.45, 2.75) is 26.2 Å². The minimum Gasteiger partial charge on any atom is -0.312 e. The van der Waals surface area contributed by atoms with Crippen LogP contribution in [0.2, 0.25) is 0 Å². The van der Waals surface area contributed by atoms with Crippen LogP contribution in [-0.2, 0) is 12.8 Å². The molecule has 0 fully saturated rings. The second kappa shape index (κ2) is 7.38. The van der Waals surface area contributed by atoms with E-state index >= 15 is 0 Å². The Balaban J connectivity index is 1.55. The van der Waals surface area contributed by atoms with Gasteiger partial charge in [0.2, 0.25) is 0 Å². The highest BCUT2D eigenvalue weighted by Gasteiger charge is 2.24. The van der Waals surface area contributed by atoms with E-state index in [0.717, 1.165) is 36.0 Å². The van der Waals surface area contributed by atoms with E-state index < -0.39 is 0 Å². The molecule has 1 amide bonds. The van der Waals surface area contributed by atoms with Crippen LogP contribution in [0.3, 0.4) is 0 Å². The Morgan fingerprint density at radius 3 is 2.52 bits per heavy atom. The first-order valence-electron chi connectivity index (χ1n) is 9.17. The molecule has 0 bridgehead atoms. The average molecular weight is 372 g/mol. The molecule has 0 radical (unpaired) electrons. The van der Waals surface area contributed by atoms with Gasteiger partial charge in [0.05, 0.1) is 5.56 Å². The van der Waals surface area contributed by atoms with Gasteiger partial charge in [-0.15, -0.1) is 11.3 Å². The molecule has 4 heteroatoms. The zero-order valence-corrected chi connectivity index (χ0v) is 16.0. The maximum Gasteiger partial charge on any atom is 0.256 e. The lowest BCUT2D eigenvalue weighted by Crippen LogP contribution is -2.12. The highest BCUT2D eigenvalue weighted by molar-refractivity contribution is 7.16. The lowest BCUT2D eigenvalue weighted by atomic mass is 9.88. The van der Waals surface area contributed by atoms with Gasteiger partial charge in [-0.3, -0.25) is 4.79 Å². The number of amides is 1. The molecule has 1 aromatic heterocycles. The molecule has 0 spiro atoms. The molecule has 0 aliphatic heterocycles. The van der Waals surface area contributed by atoms with Gasteiger partial charge in [-0.2, -0.15) is 5.26 Å². The van der Waals surface area contributed by atoms with Crippen molar-refractivity contribution in [2.24, 2.45) is 5.92 Å². The van der Waals surface area contributed by atoms with Crippen molar-refractivity contribution in [1.82, 2.24) is 0 Å². The first-order chi connectivity index (χ1) is 13.2. The molecule has 2 aromatic carbocycles. The van der Waals surface area contributed by atoms with E-state index in [9.17, 15) is 10.1 Å². The van der Waals surface area contributed by atoms with E-state index in [1.165, 1.54) is 4.88 Å². The van der Waals surface area contributed by atoms with Crippen molar-refractivity contribution >= 4 is 22.2 Å². The Labute approximate surface area is 163 Å². The van der Waals surface area contributed by atoms with Crippen LogP contribution in [0.4, 0.5) is 5.00 Å². The molecular formula is C23H20N2OS. The molecular weight excluding hydrogens is 352 g/mol. The molecule has 1 atom stereocenters. The summed E-state index contributed by atoms with van der Waals surface area (Å²) in [7, 11) is 0. The van der Waals surface area contributed by atoms with Crippen LogP contribution in [0.1, 0.15) is 39.7 Å². The quantitative estimate of drug-likeness (QED) is 0.644. The van der Waals surface area contributed by atoms with Gasteiger partial charge in [0.1, 0.15) is 11.1 Å². The predicted molar refractivity (Wildman–Crippen MR) is 110 cm³/mol. The summed E-state index contributed by atoms with van der Waals surface area (Å²) in [6, 6.07) is 20.0. The second-order valence-corrected chi connectivity index (χ2v) is 8.17. The normalized spacial score (nSPS) is 15.6. The fraction of sp³-hybridized carbons (Fsp3) is 0.217. The smallest absolute Gasteiger partial charge is 0.256 e. The van der Waals surface area contributed by atoms with Gasteiger partial charge < -0.3 is 5.32 Å². The van der Waals surface area contributed by atoms with Crippen molar-refractivity contribution in [3.05, 3.63) is 76.2 Å². The molecule has 27 heavy (non-hydrogen) atoms. The number of nitriles is 1. The van der Waals surface area contributed by atoms with Crippen molar-refractivity contribution < 1.29 is 4.79 Å². The highest BCUT2D eigenvalue weighted by Crippen LogP contribution is 2.39. The number of hydrogen-bond acceptors (Lipinski definition) is 3. The predicted octanol–water partition coefficient (Wildman–Crippen LogP) is 5.66. The molecule has 3 nitrogen and oxygen atoms in total. The van der Waals surface area contributed by atoms with Crippen LogP contribution in [0.25, 0.3) is 11.1 Å². The Morgan fingerprint density at radius 1 is 1.11 bits per heavy atom. The number of nitrogens with one attached hydrogen (secondary N) is 1. The number of rotatable bonds is 3. The highest BCUT2D eigenvalue weighted by atomic mass is 32.1. The second-order valence-electron chi connectivity index (χ2n) is 7.07. The van der Waals surface area contributed by atoms with E-state index in [1.807, 2.05) is 54.6 Å². The van der Waals surface area contributed by atoms with Gasteiger partial charge in [-0.1, -0.05) is 49.4 Å². The molecule has 0 saturated carbocycles. The minimum atomic E-state index is -0.169. The molecule has 1 aliphatic rings. The first-order valence-corrected chi connectivity index (χ1v) is 9.99. The maximum absolute atomic E-state index is 12.7. The minimum absolute atomic E-state index is 0.169. The lowest BCUT2D eigenvalue weighted by molar-refractivity contribution is 0.102. The van der Waals surface area contributed by atoms with Crippen LogP contribution < -0.4 is 5.32 Å². The number of anilines is 1. The Hall–Kier alpha value is -2.90. The van der Waals surface area contributed by atoms with Crippen LogP contribution in [0.5, 0.6) is 0 Å². The fourth-order valence-electron chi connectivity index (χ4n) is 3.58. The number of thiophene rings is 1. The topological polar surface area (TPSA) is 52.9 Å². The molecule has 1 unspecified atom stereocenters. The monoisotopic (exact) mass is 372 g/mol. The summed E-state index contributed by atoms with van der Waals surface area (Å²) in [5, 5.41) is 13.2. The Kier molecular flexibility index (Phi) is 4.79. The van der Waals surface area contributed by atoms with Gasteiger partial charge in [0, 0.05) is 10.4 Å². The number of carbonyl (C=O) groups is 1. The van der Waals surface area contributed by atoms with Crippen LogP contribution in [0, 0.1) is 17.2 Å². The summed E-state index contributed by atoms with van der Waals surface area (Å²) in [6.07, 6.45) is 3.03. The Morgan fingerprint density at radius 2 is 1.81 bits per heavy atom. The summed E-state index contributed by atoms with van der Waals surface area (Å²) in [6.45, 7) is 2.24. The number of fused-ring (bicyclic) bond motifs is 1. The third-order valence-electron chi connectivity index (χ3n) is 5.10. The zero-order valence-electron chi connectivity index (χ0n) is 15.2. The molecule has 0 saturated heterocycles. The van der Waals surface area contributed by atoms with Gasteiger partial charge in [0.25, 0.3) is 5.91 Å². The number of hydrogen-bond donors (Lipinski definition) is 1. The first kappa shape index (κ1) is 17.5. The number of carbonyl (C=O) groups excluding carboxylic acids is 1. The van der Waals surface area contributed by atoms with Crippen molar-refractivity contribution in [1.29, 1.82) is 5.26 Å². The van der Waals surface area contributed by atoms with Crippen molar-refractivity contribution in [2.75, 3.05) is 5.32 Å². The summed E-state index contributed by atoms with van der Waals surface area (Å²) >= 11 is 1.56. The molecule has 1 aliphatic carbocycles. The third-order valence-corrected chi connectivity index (χ3v) is 6.27. The molecule has 1 N–H and O–H groups in total. The van der Waals surface area contributed by atoms with Crippen LogP contribution in [-0.4, -0.2) is 5.91 Å². The van der Waals surface area contributed by atoms with Crippen LogP contribution >= 0.6 is 11.3 Å². The standard InChI is InChI=1S/C23H20N2OS/c1-15-7-12-19-20(14-24)23(27-21(19)13-15)25-22(26)18-10-8-17(9-11-18)16-5-3-2-4-6-16/h2-6,8-11,15H,7,12-13H2,1H3,(H,25,26). The van der Waals surface area contributed by atoms with Gasteiger partial charge in [0.15, 0.2) is 0 Å². The van der Waals surface area contributed by atoms with Crippen molar-refractivity contribution in [3.63, 3.8) is 0 Å². The lowest BCUT2D eigenvalue weighted by Gasteiger charge is -2.17. The largest absolute Gasteiger partial charge is 0.312 e. The maximum atomic E-state index is 12.7. The zero-order chi connectivity index (χ0) is 18.8. The summed E-state index contributed by atoms with van der Waals surface area (Å²) in [5.74, 6) is 0.467. The summed E-state index contributed by atoms with van der Waals surface area (Å²) in [5.41, 5.74) is 4.58. The van der Waals surface area contributed by atoms with E-state index in [4.69, 9.17) is 0 Å². The summed E-state index contributed by atoms with van der Waals surface area (Å²) < 4.78 is 0. The fourth-order valence-corrected chi connectivity index (χ4v) is 4.93. The van der Waals surface area contributed by atoms with Gasteiger partial charge in [-0.05, 0) is 54.0 Å². The van der Waals surface area contributed by atoms with E-state index in [0.29, 0.717) is 22.0 Å². The molecule has 134 valence electrons. The number of nitrogens with zero attached hydrogens (tertiary/aromatic N) is 1. The van der Waals surface area contributed by atoms with Crippen molar-refractivity contribution in [3.8, 4) is 17.2 Å². The summed E-state index contributed by atoms with van der Waals surface area (Å²) in [4.78, 5) is 13.9. The average Bonchev–Trinajstić information content (AvgIpc) is 3.04. The van der Waals surface area contributed by atoms with E-state index in [2.05, 4.69) is 18.3 Å². The van der Waals surface area contributed by atoms with Gasteiger partial charge in [-0.25, -0.2) is 0 Å². The van der Waals surface area contributed by atoms with E-state index in [1.54, 1.807) is 11.3 Å². The van der Waals surface area contributed by atoms with Gasteiger partial charge >= 0.3 is 0 Å². The molecule has 1 heterocycles. The molecule has 3 aromatic rings. The SMILES string of the molecule is CC1CCc2c(sc(NC(=O)c3ccc(-c4ccccc4)cc3)c2C#N)C1. The third kappa shape index (κ3) is 3.51. The Bertz CT molecular complexity index is 1010. The van der Waals surface area contributed by atoms with E-state index in [-0.39, 0.29) is 5.91 Å².